The third-order valence-electron chi connectivity index (χ3n) is 7.82. The van der Waals surface area contributed by atoms with Crippen LogP contribution in [0.5, 0.6) is 0 Å². The monoisotopic (exact) mass is 519 g/mol. The van der Waals surface area contributed by atoms with E-state index in [4.69, 9.17) is 4.74 Å². The van der Waals surface area contributed by atoms with Crippen LogP contribution in [0, 0.1) is 11.6 Å². The summed E-state index contributed by atoms with van der Waals surface area (Å²) in [7, 11) is 0. The molecular formula is C28H27F2N5O3. The molecular weight excluding hydrogens is 492 g/mol. The number of carbonyl (C=O) groups is 2. The van der Waals surface area contributed by atoms with Crippen LogP contribution in [-0.4, -0.2) is 52.5 Å². The minimum absolute atomic E-state index is 0.131. The predicted octanol–water partition coefficient (Wildman–Crippen LogP) is 4.08. The molecule has 2 fully saturated rings. The highest BCUT2D eigenvalue weighted by atomic mass is 19.1. The average Bonchev–Trinajstić information content (AvgIpc) is 3.44. The van der Waals surface area contributed by atoms with Gasteiger partial charge in [-0.1, -0.05) is 18.2 Å². The summed E-state index contributed by atoms with van der Waals surface area (Å²) < 4.78 is 34.4. The number of ether oxygens (including phenoxy) is 1. The van der Waals surface area contributed by atoms with Gasteiger partial charge in [-0.3, -0.25) is 9.59 Å². The lowest BCUT2D eigenvalue weighted by atomic mass is 9.81. The topological polar surface area (TPSA) is 96.4 Å². The smallest absolute Gasteiger partial charge is 0.257 e. The summed E-state index contributed by atoms with van der Waals surface area (Å²) in [4.78, 5) is 36.5. The van der Waals surface area contributed by atoms with Gasteiger partial charge in [-0.15, -0.1) is 0 Å². The van der Waals surface area contributed by atoms with Crippen LogP contribution < -0.4 is 10.6 Å². The standard InChI is InChI=1S/C28H27F2N5O3/c1-28(11-12-35(27(28)37)18-9-13-38-14-10-18)16-5-7-17(8-6-16)32-25-23-21(15-31-26(23)36)33-24(34-25)22-19(29)3-2-4-20(22)30/h2-8,18H,9-15H2,1H3,(H,31,36)(H,32,33,34)/t28-/m0/s1. The van der Waals surface area contributed by atoms with Gasteiger partial charge in [0.25, 0.3) is 5.91 Å². The van der Waals surface area contributed by atoms with Gasteiger partial charge in [-0.2, -0.15) is 0 Å². The first-order valence-corrected chi connectivity index (χ1v) is 12.7. The van der Waals surface area contributed by atoms with E-state index in [2.05, 4.69) is 20.6 Å². The first-order valence-electron chi connectivity index (χ1n) is 12.7. The Morgan fingerprint density at radius 3 is 2.45 bits per heavy atom. The van der Waals surface area contributed by atoms with Gasteiger partial charge in [0, 0.05) is 31.5 Å². The Hall–Kier alpha value is -3.92. The van der Waals surface area contributed by atoms with Gasteiger partial charge < -0.3 is 20.3 Å². The molecule has 2 N–H and O–H groups in total. The third-order valence-corrected chi connectivity index (χ3v) is 7.82. The molecule has 3 aromatic rings. The number of nitrogens with one attached hydrogen (secondary N) is 2. The molecule has 2 aromatic carbocycles. The van der Waals surface area contributed by atoms with Crippen molar-refractivity contribution in [2.24, 2.45) is 0 Å². The van der Waals surface area contributed by atoms with Crippen molar-refractivity contribution in [3.8, 4) is 11.4 Å². The van der Waals surface area contributed by atoms with E-state index in [1.165, 1.54) is 6.07 Å². The van der Waals surface area contributed by atoms with Gasteiger partial charge in [-0.05, 0) is 56.0 Å². The molecule has 2 saturated heterocycles. The number of nitrogens with zero attached hydrogens (tertiary/aromatic N) is 3. The van der Waals surface area contributed by atoms with Crippen LogP contribution in [0.4, 0.5) is 20.3 Å². The van der Waals surface area contributed by atoms with E-state index in [-0.39, 0.29) is 47.2 Å². The lowest BCUT2D eigenvalue weighted by Crippen LogP contribution is -2.44. The van der Waals surface area contributed by atoms with Crippen LogP contribution in [0.3, 0.4) is 0 Å². The second kappa shape index (κ2) is 9.43. The number of aromatic nitrogens is 2. The van der Waals surface area contributed by atoms with E-state index in [1.807, 2.05) is 36.1 Å². The summed E-state index contributed by atoms with van der Waals surface area (Å²) in [5, 5.41) is 5.81. The van der Waals surface area contributed by atoms with Crippen LogP contribution in [0.25, 0.3) is 11.4 Å². The highest BCUT2D eigenvalue weighted by Crippen LogP contribution is 2.38. The van der Waals surface area contributed by atoms with Gasteiger partial charge in [0.2, 0.25) is 5.91 Å². The molecule has 0 spiro atoms. The zero-order chi connectivity index (χ0) is 26.4. The Kier molecular flexibility index (Phi) is 6.06. The Bertz CT molecular complexity index is 1400. The second-order valence-corrected chi connectivity index (χ2v) is 10.1. The average molecular weight is 520 g/mol. The second-order valence-electron chi connectivity index (χ2n) is 10.1. The minimum Gasteiger partial charge on any atom is -0.381 e. The lowest BCUT2D eigenvalue weighted by Gasteiger charge is -2.33. The van der Waals surface area contributed by atoms with Crippen LogP contribution in [0.15, 0.2) is 42.5 Å². The van der Waals surface area contributed by atoms with Crippen molar-refractivity contribution in [1.29, 1.82) is 0 Å². The van der Waals surface area contributed by atoms with Gasteiger partial charge >= 0.3 is 0 Å². The number of anilines is 2. The molecule has 3 aliphatic rings. The third kappa shape index (κ3) is 4.09. The van der Waals surface area contributed by atoms with Crippen molar-refractivity contribution in [3.63, 3.8) is 0 Å². The number of amides is 2. The summed E-state index contributed by atoms with van der Waals surface area (Å²) in [6.07, 6.45) is 2.45. The molecule has 0 saturated carbocycles. The number of hydrogen-bond acceptors (Lipinski definition) is 6. The van der Waals surface area contributed by atoms with Crippen molar-refractivity contribution in [2.75, 3.05) is 25.1 Å². The molecule has 0 bridgehead atoms. The van der Waals surface area contributed by atoms with Crippen molar-refractivity contribution in [3.05, 3.63) is 70.9 Å². The van der Waals surface area contributed by atoms with Crippen molar-refractivity contribution < 1.29 is 23.1 Å². The molecule has 1 atom stereocenters. The van der Waals surface area contributed by atoms with E-state index in [0.717, 1.165) is 43.5 Å². The molecule has 8 nitrogen and oxygen atoms in total. The molecule has 1 aromatic heterocycles. The summed E-state index contributed by atoms with van der Waals surface area (Å²) in [5.74, 6) is -1.80. The van der Waals surface area contributed by atoms with Crippen molar-refractivity contribution in [1.82, 2.24) is 20.2 Å². The molecule has 2 amide bonds. The van der Waals surface area contributed by atoms with Gasteiger partial charge in [0.05, 0.1) is 23.2 Å². The molecule has 4 heterocycles. The maximum atomic E-state index is 14.5. The quantitative estimate of drug-likeness (QED) is 0.528. The Balaban J connectivity index is 1.28. The number of fused-ring (bicyclic) bond motifs is 1. The van der Waals surface area contributed by atoms with Crippen LogP contribution >= 0.6 is 0 Å². The van der Waals surface area contributed by atoms with Crippen LogP contribution in [0.2, 0.25) is 0 Å². The number of halogens is 2. The van der Waals surface area contributed by atoms with E-state index >= 15 is 0 Å². The number of carbonyl (C=O) groups excluding carboxylic acids is 2. The van der Waals surface area contributed by atoms with Crippen LogP contribution in [0.1, 0.15) is 47.8 Å². The first kappa shape index (κ1) is 24.4. The van der Waals surface area contributed by atoms with E-state index < -0.39 is 17.0 Å². The van der Waals surface area contributed by atoms with Crippen molar-refractivity contribution in [2.45, 2.75) is 44.2 Å². The largest absolute Gasteiger partial charge is 0.381 e. The molecule has 38 heavy (non-hydrogen) atoms. The molecule has 0 unspecified atom stereocenters. The molecule has 3 aliphatic heterocycles. The number of rotatable bonds is 5. The number of likely N-dealkylation sites (tertiary alicyclic amines) is 1. The fourth-order valence-electron chi connectivity index (χ4n) is 5.58. The SMILES string of the molecule is C[C@@]1(c2ccc(Nc3nc(-c4c(F)cccc4F)nc4c3C(=O)NC4)cc2)CCN(C2CCOCC2)C1=O. The maximum absolute atomic E-state index is 14.5. The van der Waals surface area contributed by atoms with E-state index in [0.29, 0.717) is 24.6 Å². The zero-order valence-corrected chi connectivity index (χ0v) is 20.9. The number of hydrogen-bond donors (Lipinski definition) is 2. The zero-order valence-electron chi connectivity index (χ0n) is 20.9. The van der Waals surface area contributed by atoms with Crippen LogP contribution in [-0.2, 0) is 21.5 Å². The normalized spacial score (nSPS) is 21.5. The fraction of sp³-hybridized carbons (Fsp3) is 0.357. The summed E-state index contributed by atoms with van der Waals surface area (Å²) in [6.45, 7) is 4.20. The van der Waals surface area contributed by atoms with Gasteiger partial charge in [0.15, 0.2) is 5.82 Å². The Morgan fingerprint density at radius 1 is 1.03 bits per heavy atom. The summed E-state index contributed by atoms with van der Waals surface area (Å²) >= 11 is 0. The highest BCUT2D eigenvalue weighted by molar-refractivity contribution is 6.03. The number of benzene rings is 2. The summed E-state index contributed by atoms with van der Waals surface area (Å²) in [5.41, 5.74) is 1.14. The predicted molar refractivity (Wildman–Crippen MR) is 136 cm³/mol. The first-order chi connectivity index (χ1) is 18.3. The van der Waals surface area contributed by atoms with Gasteiger partial charge in [0.1, 0.15) is 23.0 Å². The minimum atomic E-state index is -0.790. The molecule has 0 radical (unpaired) electrons. The maximum Gasteiger partial charge on any atom is 0.257 e. The van der Waals surface area contributed by atoms with E-state index in [1.54, 1.807) is 0 Å². The fourth-order valence-corrected chi connectivity index (χ4v) is 5.58. The Morgan fingerprint density at radius 2 is 1.74 bits per heavy atom. The molecule has 0 aliphatic carbocycles. The molecule has 196 valence electrons. The van der Waals surface area contributed by atoms with Gasteiger partial charge in [-0.25, -0.2) is 18.7 Å². The molecule has 6 rings (SSSR count). The van der Waals surface area contributed by atoms with E-state index in [9.17, 15) is 18.4 Å². The Labute approximate surface area is 218 Å². The van der Waals surface area contributed by atoms with Crippen molar-refractivity contribution >= 4 is 23.3 Å². The summed E-state index contributed by atoms with van der Waals surface area (Å²) in [6, 6.07) is 11.2. The lowest BCUT2D eigenvalue weighted by molar-refractivity contribution is -0.135. The highest BCUT2D eigenvalue weighted by Gasteiger charge is 2.46. The molecule has 10 heteroatoms.